The number of amides is 1. The molecule has 3 aromatic rings. The lowest BCUT2D eigenvalue weighted by molar-refractivity contribution is -0.113. The molecule has 150 valence electrons. The molecule has 0 unspecified atom stereocenters. The maximum atomic E-state index is 14.2. The molecule has 1 saturated carbocycles. The molecule has 4 rings (SSSR count). The van der Waals surface area contributed by atoms with Crippen molar-refractivity contribution in [1.29, 1.82) is 0 Å². The van der Waals surface area contributed by atoms with Gasteiger partial charge in [0.1, 0.15) is 5.82 Å². The molecule has 1 aromatic heterocycles. The second-order valence-corrected chi connectivity index (χ2v) is 8.11. The van der Waals surface area contributed by atoms with Crippen LogP contribution in [0.4, 0.5) is 15.8 Å². The average molecular weight is 412 g/mol. The Bertz CT molecular complexity index is 1010. The van der Waals surface area contributed by atoms with E-state index in [4.69, 9.17) is 0 Å². The zero-order valence-corrected chi connectivity index (χ0v) is 17.1. The summed E-state index contributed by atoms with van der Waals surface area (Å²) >= 11 is 1.32. The van der Waals surface area contributed by atoms with Gasteiger partial charge in [0, 0.05) is 31.5 Å². The van der Waals surface area contributed by atoms with Gasteiger partial charge in [-0.3, -0.25) is 9.36 Å². The minimum Gasteiger partial charge on any atom is -0.378 e. The van der Waals surface area contributed by atoms with Gasteiger partial charge in [0.2, 0.25) is 5.91 Å². The number of aromatic nitrogens is 3. The van der Waals surface area contributed by atoms with E-state index in [0.717, 1.165) is 24.2 Å². The van der Waals surface area contributed by atoms with Crippen molar-refractivity contribution >= 4 is 29.0 Å². The number of hydrogen-bond donors (Lipinski definition) is 1. The van der Waals surface area contributed by atoms with E-state index in [1.54, 1.807) is 18.2 Å². The van der Waals surface area contributed by atoms with E-state index in [-0.39, 0.29) is 23.5 Å². The number of carbonyl (C=O) groups is 1. The van der Waals surface area contributed by atoms with Gasteiger partial charge < -0.3 is 10.2 Å². The number of halogens is 1. The summed E-state index contributed by atoms with van der Waals surface area (Å²) < 4.78 is 16.2. The fraction of sp³-hybridized carbons (Fsp3) is 0.286. The van der Waals surface area contributed by atoms with E-state index in [1.807, 2.05) is 47.8 Å². The summed E-state index contributed by atoms with van der Waals surface area (Å²) in [4.78, 5) is 14.4. The van der Waals surface area contributed by atoms with Gasteiger partial charge in [-0.05, 0) is 49.2 Å². The van der Waals surface area contributed by atoms with Crippen molar-refractivity contribution < 1.29 is 9.18 Å². The summed E-state index contributed by atoms with van der Waals surface area (Å²) in [5.41, 5.74) is 2.25. The van der Waals surface area contributed by atoms with Crippen LogP contribution in [0.25, 0.3) is 11.4 Å². The first kappa shape index (κ1) is 19.4. The van der Waals surface area contributed by atoms with Crippen LogP contribution < -0.4 is 10.2 Å². The first-order valence-electron chi connectivity index (χ1n) is 9.43. The van der Waals surface area contributed by atoms with Crippen molar-refractivity contribution in [2.75, 3.05) is 30.1 Å². The van der Waals surface area contributed by atoms with Crippen LogP contribution in [0.5, 0.6) is 0 Å². The third kappa shape index (κ3) is 4.42. The molecule has 1 heterocycles. The zero-order valence-electron chi connectivity index (χ0n) is 16.3. The van der Waals surface area contributed by atoms with Gasteiger partial charge in [-0.2, -0.15) is 0 Å². The number of carbonyl (C=O) groups excluding carboxylic acids is 1. The Balaban J connectivity index is 1.45. The Morgan fingerprint density at radius 3 is 2.55 bits per heavy atom. The summed E-state index contributed by atoms with van der Waals surface area (Å²) in [7, 11) is 3.94. The van der Waals surface area contributed by atoms with Crippen LogP contribution >= 0.6 is 11.8 Å². The summed E-state index contributed by atoms with van der Waals surface area (Å²) in [5, 5.41) is 12.0. The minimum atomic E-state index is -0.322. The van der Waals surface area contributed by atoms with Crippen LogP contribution in [0, 0.1) is 5.82 Å². The lowest BCUT2D eigenvalue weighted by Gasteiger charge is -2.13. The van der Waals surface area contributed by atoms with Gasteiger partial charge in [-0.1, -0.05) is 23.9 Å². The van der Waals surface area contributed by atoms with E-state index >= 15 is 0 Å². The molecule has 1 aliphatic carbocycles. The van der Waals surface area contributed by atoms with Gasteiger partial charge in [0.25, 0.3) is 0 Å². The van der Waals surface area contributed by atoms with Gasteiger partial charge in [0.15, 0.2) is 11.0 Å². The van der Waals surface area contributed by atoms with Crippen molar-refractivity contribution in [1.82, 2.24) is 14.8 Å². The lowest BCUT2D eigenvalue weighted by Crippen LogP contribution is -2.15. The van der Waals surface area contributed by atoms with E-state index in [1.165, 1.54) is 17.8 Å². The molecule has 0 spiro atoms. The summed E-state index contributed by atoms with van der Waals surface area (Å²) in [6.07, 6.45) is 2.02. The Kier molecular flexibility index (Phi) is 5.53. The fourth-order valence-corrected chi connectivity index (χ4v) is 3.84. The molecule has 1 aliphatic rings. The molecule has 2 aromatic carbocycles. The summed E-state index contributed by atoms with van der Waals surface area (Å²) in [6.45, 7) is 0. The molecule has 1 fully saturated rings. The highest BCUT2D eigenvalue weighted by molar-refractivity contribution is 7.99. The van der Waals surface area contributed by atoms with Crippen molar-refractivity contribution in [2.45, 2.75) is 24.0 Å². The van der Waals surface area contributed by atoms with Crippen LogP contribution in [0.2, 0.25) is 0 Å². The van der Waals surface area contributed by atoms with Crippen LogP contribution in [0.15, 0.2) is 53.7 Å². The van der Waals surface area contributed by atoms with Crippen LogP contribution in [0.1, 0.15) is 18.9 Å². The van der Waals surface area contributed by atoms with Crippen molar-refractivity contribution in [3.05, 3.63) is 54.3 Å². The Morgan fingerprint density at radius 2 is 1.90 bits per heavy atom. The fourth-order valence-electron chi connectivity index (χ4n) is 3.03. The van der Waals surface area contributed by atoms with Crippen molar-refractivity contribution in [2.24, 2.45) is 0 Å². The number of rotatable bonds is 7. The van der Waals surface area contributed by atoms with E-state index < -0.39 is 0 Å². The summed E-state index contributed by atoms with van der Waals surface area (Å²) in [6, 6.07) is 14.5. The zero-order chi connectivity index (χ0) is 20.4. The molecular formula is C21H22FN5OS. The highest BCUT2D eigenvalue weighted by atomic mass is 32.2. The summed E-state index contributed by atoms with van der Waals surface area (Å²) in [5.74, 6) is 0.285. The Hall–Kier alpha value is -2.87. The normalized spacial score (nSPS) is 13.3. The van der Waals surface area contributed by atoms with Gasteiger partial charge in [-0.25, -0.2) is 4.39 Å². The minimum absolute atomic E-state index is 0.120. The quantitative estimate of drug-likeness (QED) is 0.590. The van der Waals surface area contributed by atoms with Gasteiger partial charge in [-0.15, -0.1) is 10.2 Å². The highest BCUT2D eigenvalue weighted by Gasteiger charge is 2.31. The Labute approximate surface area is 173 Å². The van der Waals surface area contributed by atoms with E-state index in [0.29, 0.717) is 16.5 Å². The smallest absolute Gasteiger partial charge is 0.234 e. The van der Waals surface area contributed by atoms with Crippen molar-refractivity contribution in [3.63, 3.8) is 0 Å². The predicted octanol–water partition coefficient (Wildman–Crippen LogP) is 4.22. The molecule has 1 amide bonds. The van der Waals surface area contributed by atoms with Gasteiger partial charge in [0.05, 0.1) is 11.3 Å². The van der Waals surface area contributed by atoms with E-state index in [9.17, 15) is 9.18 Å². The molecule has 8 heteroatoms. The standard InChI is InChI=1S/C21H22FN5OS/c1-26(2)15-9-7-14(8-10-15)23-19(28)13-29-21-25-24-20(27(21)16-11-12-16)17-5-3-4-6-18(17)22/h3-10,16H,11-13H2,1-2H3,(H,23,28). The molecule has 29 heavy (non-hydrogen) atoms. The maximum absolute atomic E-state index is 14.2. The molecule has 6 nitrogen and oxygen atoms in total. The SMILES string of the molecule is CN(C)c1ccc(NC(=O)CSc2nnc(-c3ccccc3F)n2C2CC2)cc1. The molecule has 0 saturated heterocycles. The predicted molar refractivity (Wildman–Crippen MR) is 114 cm³/mol. The average Bonchev–Trinajstić information content (AvgIpc) is 3.46. The second kappa shape index (κ2) is 8.24. The molecule has 0 radical (unpaired) electrons. The van der Waals surface area contributed by atoms with Gasteiger partial charge >= 0.3 is 0 Å². The lowest BCUT2D eigenvalue weighted by atomic mass is 10.2. The third-order valence-corrected chi connectivity index (χ3v) is 5.63. The first-order chi connectivity index (χ1) is 14.0. The molecule has 1 N–H and O–H groups in total. The molecule has 0 atom stereocenters. The Morgan fingerprint density at radius 1 is 1.17 bits per heavy atom. The maximum Gasteiger partial charge on any atom is 0.234 e. The number of thioether (sulfide) groups is 1. The third-order valence-electron chi connectivity index (χ3n) is 4.69. The number of benzene rings is 2. The molecule has 0 aliphatic heterocycles. The van der Waals surface area contributed by atoms with Crippen LogP contribution in [-0.4, -0.2) is 40.5 Å². The van der Waals surface area contributed by atoms with Crippen LogP contribution in [-0.2, 0) is 4.79 Å². The molecule has 0 bridgehead atoms. The number of hydrogen-bond acceptors (Lipinski definition) is 5. The second-order valence-electron chi connectivity index (χ2n) is 7.17. The van der Waals surface area contributed by atoms with Crippen LogP contribution in [0.3, 0.4) is 0 Å². The highest BCUT2D eigenvalue weighted by Crippen LogP contribution is 2.41. The number of anilines is 2. The first-order valence-corrected chi connectivity index (χ1v) is 10.4. The molecular weight excluding hydrogens is 389 g/mol. The largest absolute Gasteiger partial charge is 0.378 e. The van der Waals surface area contributed by atoms with Crippen molar-refractivity contribution in [3.8, 4) is 11.4 Å². The van der Waals surface area contributed by atoms with E-state index in [2.05, 4.69) is 15.5 Å². The topological polar surface area (TPSA) is 63.1 Å². The number of nitrogens with one attached hydrogen (secondary N) is 1. The monoisotopic (exact) mass is 411 g/mol. The number of nitrogens with zero attached hydrogens (tertiary/aromatic N) is 4.